The Kier molecular flexibility index (Phi) is 1.39. The number of para-hydroxylation sites is 1. The van der Waals surface area contributed by atoms with Crippen LogP contribution in [-0.4, -0.2) is 5.84 Å². The molecule has 2 nitrogen and oxygen atoms in total. The Labute approximate surface area is 65.8 Å². The van der Waals surface area contributed by atoms with Crippen molar-refractivity contribution in [1.29, 1.82) is 0 Å². The Morgan fingerprint density at radius 1 is 1.18 bits per heavy atom. The number of hydrogen-bond donors (Lipinski definition) is 0. The lowest BCUT2D eigenvalue weighted by Crippen LogP contribution is -2.05. The van der Waals surface area contributed by atoms with Crippen molar-refractivity contribution in [3.8, 4) is 0 Å². The summed E-state index contributed by atoms with van der Waals surface area (Å²) in [6, 6.07) is 8.01. The second-order valence-electron chi connectivity index (χ2n) is 2.69. The first-order chi connectivity index (χ1) is 5.36. The molecule has 0 bridgehead atoms. The van der Waals surface area contributed by atoms with Crippen LogP contribution < -0.4 is 5.73 Å². The Balaban J connectivity index is 2.51. The number of benzene rings is 1. The molecule has 1 aliphatic rings. The summed E-state index contributed by atoms with van der Waals surface area (Å²) in [6.45, 7) is 0. The van der Waals surface area contributed by atoms with Gasteiger partial charge < -0.3 is 0 Å². The van der Waals surface area contributed by atoms with Gasteiger partial charge in [0.15, 0.2) is 0 Å². The van der Waals surface area contributed by atoms with Crippen LogP contribution in [0.3, 0.4) is 0 Å². The van der Waals surface area contributed by atoms with Gasteiger partial charge in [0, 0.05) is 6.42 Å². The van der Waals surface area contributed by atoms with Crippen LogP contribution in [0.25, 0.3) is 0 Å². The molecule has 1 heterocycles. The Hall–Kier alpha value is -1.31. The van der Waals surface area contributed by atoms with Crippen molar-refractivity contribution in [2.75, 3.05) is 0 Å². The van der Waals surface area contributed by atoms with Crippen molar-refractivity contribution in [1.82, 2.24) is 5.73 Å². The third-order valence-electron chi connectivity index (χ3n) is 1.88. The fraction of sp³-hybridized carbons (Fsp3) is 0.222. The van der Waals surface area contributed by atoms with Gasteiger partial charge in [0.05, 0.1) is 5.69 Å². The highest BCUT2D eigenvalue weighted by molar-refractivity contribution is 5.85. The molecule has 1 aliphatic heterocycles. The fourth-order valence-electron chi connectivity index (χ4n) is 1.29. The number of fused-ring (bicyclic) bond motifs is 1. The predicted octanol–water partition coefficient (Wildman–Crippen LogP) is 1.95. The van der Waals surface area contributed by atoms with E-state index in [0.29, 0.717) is 5.84 Å². The quantitative estimate of drug-likeness (QED) is 0.535. The number of aryl methyl sites for hydroxylation is 1. The molecule has 11 heavy (non-hydrogen) atoms. The van der Waals surface area contributed by atoms with E-state index in [-0.39, 0.29) is 0 Å². The number of hydrogen-bond acceptors (Lipinski definition) is 1. The molecule has 0 amide bonds. The maximum Gasteiger partial charge on any atom is 0.121 e. The standard InChI is InChI=1S/C9H9N2/c10-9-6-5-7-3-1-2-4-8(7)11-9/h1-4,10H,5-6H2. The van der Waals surface area contributed by atoms with Gasteiger partial charge in [-0.15, -0.1) is 0 Å². The monoisotopic (exact) mass is 145 g/mol. The van der Waals surface area contributed by atoms with E-state index in [4.69, 9.17) is 5.73 Å². The Bertz CT molecular complexity index is 302. The molecule has 0 aliphatic carbocycles. The van der Waals surface area contributed by atoms with Crippen LogP contribution in [0.15, 0.2) is 29.3 Å². The lowest BCUT2D eigenvalue weighted by Gasteiger charge is -2.10. The summed E-state index contributed by atoms with van der Waals surface area (Å²) < 4.78 is 0. The lowest BCUT2D eigenvalue weighted by atomic mass is 10.0. The minimum atomic E-state index is 0.503. The average molecular weight is 145 g/mol. The molecule has 0 fully saturated rings. The van der Waals surface area contributed by atoms with E-state index < -0.39 is 0 Å². The van der Waals surface area contributed by atoms with Gasteiger partial charge in [-0.1, -0.05) is 18.2 Å². The van der Waals surface area contributed by atoms with E-state index in [9.17, 15) is 0 Å². The highest BCUT2D eigenvalue weighted by Gasteiger charge is 2.07. The second kappa shape index (κ2) is 2.38. The van der Waals surface area contributed by atoms with E-state index >= 15 is 0 Å². The molecule has 0 spiro atoms. The smallest absolute Gasteiger partial charge is 0.121 e. The van der Waals surface area contributed by atoms with Gasteiger partial charge in [-0.05, 0) is 18.1 Å². The van der Waals surface area contributed by atoms with Gasteiger partial charge in [0.2, 0.25) is 0 Å². The number of nitrogens with zero attached hydrogens (tertiary/aromatic N) is 1. The highest BCUT2D eigenvalue weighted by Crippen LogP contribution is 2.23. The zero-order valence-corrected chi connectivity index (χ0v) is 6.17. The maximum absolute atomic E-state index is 7.35. The van der Waals surface area contributed by atoms with Crippen LogP contribution >= 0.6 is 0 Å². The van der Waals surface area contributed by atoms with E-state index in [1.807, 2.05) is 18.2 Å². The highest BCUT2D eigenvalue weighted by atomic mass is 14.9. The van der Waals surface area contributed by atoms with Gasteiger partial charge >= 0.3 is 0 Å². The van der Waals surface area contributed by atoms with Crippen LogP contribution in [0.2, 0.25) is 0 Å². The predicted molar refractivity (Wildman–Crippen MR) is 45.0 cm³/mol. The zero-order chi connectivity index (χ0) is 7.68. The number of amidine groups is 1. The van der Waals surface area contributed by atoms with Gasteiger partial charge in [-0.25, -0.2) is 4.99 Å². The summed E-state index contributed by atoms with van der Waals surface area (Å²) in [5.41, 5.74) is 9.60. The largest absolute Gasteiger partial charge is 0.287 e. The van der Waals surface area contributed by atoms with Gasteiger partial charge in [-0.2, -0.15) is 0 Å². The summed E-state index contributed by atoms with van der Waals surface area (Å²) in [4.78, 5) is 4.13. The maximum atomic E-state index is 7.35. The molecule has 55 valence electrons. The van der Waals surface area contributed by atoms with E-state index in [1.165, 1.54) is 5.56 Å². The molecule has 0 unspecified atom stereocenters. The first kappa shape index (κ1) is 6.40. The minimum Gasteiger partial charge on any atom is -0.287 e. The average Bonchev–Trinajstić information content (AvgIpc) is 2.04. The zero-order valence-electron chi connectivity index (χ0n) is 6.17. The van der Waals surface area contributed by atoms with Crippen molar-refractivity contribution in [3.05, 3.63) is 29.8 Å². The number of nitrogens with one attached hydrogen (secondary N) is 1. The Morgan fingerprint density at radius 3 is 2.91 bits per heavy atom. The van der Waals surface area contributed by atoms with Crippen molar-refractivity contribution in [2.45, 2.75) is 12.8 Å². The van der Waals surface area contributed by atoms with Crippen molar-refractivity contribution < 1.29 is 0 Å². The lowest BCUT2D eigenvalue weighted by molar-refractivity contribution is 0.991. The molecule has 1 aromatic rings. The molecule has 1 aromatic carbocycles. The molecule has 2 rings (SSSR count). The summed E-state index contributed by atoms with van der Waals surface area (Å²) in [5, 5.41) is 0. The third-order valence-corrected chi connectivity index (χ3v) is 1.88. The van der Waals surface area contributed by atoms with E-state index in [1.54, 1.807) is 0 Å². The molecule has 2 heteroatoms. The van der Waals surface area contributed by atoms with E-state index in [0.717, 1.165) is 18.5 Å². The molecule has 1 N–H and O–H groups in total. The molecule has 0 saturated carbocycles. The molecule has 0 saturated heterocycles. The van der Waals surface area contributed by atoms with Crippen molar-refractivity contribution >= 4 is 11.5 Å². The first-order valence-electron chi connectivity index (χ1n) is 3.73. The molecular formula is C9H9N2. The minimum absolute atomic E-state index is 0.503. The van der Waals surface area contributed by atoms with Crippen LogP contribution in [0, 0.1) is 0 Å². The van der Waals surface area contributed by atoms with Gasteiger partial charge in [0.25, 0.3) is 0 Å². The summed E-state index contributed by atoms with van der Waals surface area (Å²) >= 11 is 0. The van der Waals surface area contributed by atoms with Crippen LogP contribution in [0.5, 0.6) is 0 Å². The molecule has 1 radical (unpaired) electrons. The van der Waals surface area contributed by atoms with Gasteiger partial charge in [-0.3, -0.25) is 5.73 Å². The van der Waals surface area contributed by atoms with Crippen LogP contribution in [-0.2, 0) is 6.42 Å². The van der Waals surface area contributed by atoms with Gasteiger partial charge in [0.1, 0.15) is 5.84 Å². The van der Waals surface area contributed by atoms with Crippen molar-refractivity contribution in [3.63, 3.8) is 0 Å². The first-order valence-corrected chi connectivity index (χ1v) is 3.73. The van der Waals surface area contributed by atoms with Crippen molar-refractivity contribution in [2.24, 2.45) is 4.99 Å². The molecule has 0 aromatic heterocycles. The van der Waals surface area contributed by atoms with E-state index in [2.05, 4.69) is 11.1 Å². The topological polar surface area (TPSA) is 36.2 Å². The molecular weight excluding hydrogens is 136 g/mol. The Morgan fingerprint density at radius 2 is 2.00 bits per heavy atom. The SMILES string of the molecule is [NH]C1=Nc2ccccc2CC1. The van der Waals surface area contributed by atoms with Crippen LogP contribution in [0.4, 0.5) is 5.69 Å². The molecule has 0 atom stereocenters. The van der Waals surface area contributed by atoms with Crippen LogP contribution in [0.1, 0.15) is 12.0 Å². The summed E-state index contributed by atoms with van der Waals surface area (Å²) in [6.07, 6.45) is 1.76. The summed E-state index contributed by atoms with van der Waals surface area (Å²) in [5.74, 6) is 0.503. The third kappa shape index (κ3) is 1.11. The fourth-order valence-corrected chi connectivity index (χ4v) is 1.29. The normalized spacial score (nSPS) is 15.5. The number of rotatable bonds is 0. The number of aliphatic imine (C=N–C) groups is 1. The second-order valence-corrected chi connectivity index (χ2v) is 2.69. The summed E-state index contributed by atoms with van der Waals surface area (Å²) in [7, 11) is 0.